The van der Waals surface area contributed by atoms with Crippen molar-refractivity contribution in [2.75, 3.05) is 4.90 Å². The molecule has 1 aliphatic rings. The summed E-state index contributed by atoms with van der Waals surface area (Å²) in [6.45, 7) is 4.19. The molecule has 0 fully saturated rings. The van der Waals surface area contributed by atoms with Crippen molar-refractivity contribution in [3.8, 4) is 0 Å². The molecule has 2 heterocycles. The highest BCUT2D eigenvalue weighted by atomic mass is 16.3. The SMILES string of the molecule is Cc1nn(C)c(N2c3ccccc3CC2C)c1CO. The predicted octanol–water partition coefficient (Wildman–Crippen LogP) is 2.30. The maximum atomic E-state index is 9.63. The van der Waals surface area contributed by atoms with Crippen molar-refractivity contribution in [1.29, 1.82) is 0 Å². The Morgan fingerprint density at radius 3 is 2.84 bits per heavy atom. The fraction of sp³-hybridized carbons (Fsp3) is 0.400. The van der Waals surface area contributed by atoms with E-state index in [-0.39, 0.29) is 6.61 Å². The minimum absolute atomic E-state index is 0.0282. The highest BCUT2D eigenvalue weighted by Gasteiger charge is 2.31. The Balaban J connectivity index is 2.17. The van der Waals surface area contributed by atoms with Crippen LogP contribution < -0.4 is 4.90 Å². The normalized spacial score (nSPS) is 17.9. The molecule has 0 saturated heterocycles. The van der Waals surface area contributed by atoms with E-state index in [1.165, 1.54) is 11.3 Å². The second-order valence-corrected chi connectivity index (χ2v) is 5.22. The number of hydrogen-bond donors (Lipinski definition) is 1. The summed E-state index contributed by atoms with van der Waals surface area (Å²) in [6.07, 6.45) is 1.03. The van der Waals surface area contributed by atoms with Crippen LogP contribution >= 0.6 is 0 Å². The quantitative estimate of drug-likeness (QED) is 0.897. The number of para-hydroxylation sites is 1. The number of anilines is 2. The molecule has 0 spiro atoms. The van der Waals surface area contributed by atoms with E-state index in [1.807, 2.05) is 18.7 Å². The summed E-state index contributed by atoms with van der Waals surface area (Å²) in [5.41, 5.74) is 4.41. The number of aromatic nitrogens is 2. The van der Waals surface area contributed by atoms with Crippen molar-refractivity contribution >= 4 is 11.5 Å². The Kier molecular flexibility index (Phi) is 2.82. The van der Waals surface area contributed by atoms with Gasteiger partial charge in [0, 0.05) is 24.3 Å². The molecule has 0 aliphatic carbocycles. The number of hydrogen-bond acceptors (Lipinski definition) is 3. The zero-order valence-corrected chi connectivity index (χ0v) is 11.6. The van der Waals surface area contributed by atoms with Gasteiger partial charge < -0.3 is 10.0 Å². The van der Waals surface area contributed by atoms with Gasteiger partial charge >= 0.3 is 0 Å². The standard InChI is InChI=1S/C15H19N3O/c1-10-8-12-6-4-5-7-14(12)18(10)15-13(9-19)11(2)16-17(15)3/h4-7,10,19H,8-9H2,1-3H3. The van der Waals surface area contributed by atoms with Crippen LogP contribution in [0.25, 0.3) is 0 Å². The molecule has 1 aromatic heterocycles. The number of rotatable bonds is 2. The zero-order chi connectivity index (χ0) is 13.6. The summed E-state index contributed by atoms with van der Waals surface area (Å²) in [7, 11) is 1.94. The maximum absolute atomic E-state index is 9.63. The smallest absolute Gasteiger partial charge is 0.137 e. The number of aryl methyl sites for hydroxylation is 2. The molecule has 0 radical (unpaired) electrons. The topological polar surface area (TPSA) is 41.3 Å². The summed E-state index contributed by atoms with van der Waals surface area (Å²) < 4.78 is 1.87. The van der Waals surface area contributed by atoms with Gasteiger partial charge in [0.25, 0.3) is 0 Å². The van der Waals surface area contributed by atoms with Gasteiger partial charge in [0.05, 0.1) is 12.3 Å². The maximum Gasteiger partial charge on any atom is 0.137 e. The lowest BCUT2D eigenvalue weighted by Gasteiger charge is -2.26. The van der Waals surface area contributed by atoms with Crippen LogP contribution in [0, 0.1) is 6.92 Å². The van der Waals surface area contributed by atoms with Crippen molar-refractivity contribution in [3.05, 3.63) is 41.1 Å². The minimum Gasteiger partial charge on any atom is -0.391 e. The molecule has 2 aromatic rings. The highest BCUT2D eigenvalue weighted by Crippen LogP contribution is 2.40. The number of aliphatic hydroxyl groups is 1. The first-order valence-electron chi connectivity index (χ1n) is 6.64. The Bertz CT molecular complexity index is 618. The molecule has 4 heteroatoms. The van der Waals surface area contributed by atoms with Crippen LogP contribution in [0.4, 0.5) is 11.5 Å². The van der Waals surface area contributed by atoms with Gasteiger partial charge in [0.1, 0.15) is 5.82 Å². The second kappa shape index (κ2) is 4.38. The lowest BCUT2D eigenvalue weighted by atomic mass is 10.1. The van der Waals surface area contributed by atoms with E-state index in [9.17, 15) is 5.11 Å². The molecule has 4 nitrogen and oxygen atoms in total. The fourth-order valence-electron chi connectivity index (χ4n) is 3.06. The van der Waals surface area contributed by atoms with Gasteiger partial charge in [-0.2, -0.15) is 5.10 Å². The van der Waals surface area contributed by atoms with Gasteiger partial charge in [-0.05, 0) is 31.9 Å². The molecule has 100 valence electrons. The fourth-order valence-corrected chi connectivity index (χ4v) is 3.06. The Hall–Kier alpha value is -1.81. The Morgan fingerprint density at radius 2 is 2.11 bits per heavy atom. The van der Waals surface area contributed by atoms with Gasteiger partial charge in [-0.25, -0.2) is 0 Å². The van der Waals surface area contributed by atoms with E-state index >= 15 is 0 Å². The molecule has 0 amide bonds. The molecule has 1 aromatic carbocycles. The van der Waals surface area contributed by atoms with Gasteiger partial charge in [0.15, 0.2) is 0 Å². The molecular formula is C15H19N3O. The van der Waals surface area contributed by atoms with Crippen LogP contribution in [0.2, 0.25) is 0 Å². The van der Waals surface area contributed by atoms with E-state index in [1.54, 1.807) is 0 Å². The van der Waals surface area contributed by atoms with Crippen molar-refractivity contribution in [2.24, 2.45) is 7.05 Å². The van der Waals surface area contributed by atoms with Crippen molar-refractivity contribution in [3.63, 3.8) is 0 Å². The van der Waals surface area contributed by atoms with Crippen molar-refractivity contribution in [2.45, 2.75) is 32.9 Å². The molecule has 0 saturated carbocycles. The molecule has 1 unspecified atom stereocenters. The summed E-state index contributed by atoms with van der Waals surface area (Å²) in [6, 6.07) is 8.84. The van der Waals surface area contributed by atoms with Crippen molar-refractivity contribution < 1.29 is 5.11 Å². The molecular weight excluding hydrogens is 238 g/mol. The number of aliphatic hydroxyl groups excluding tert-OH is 1. The lowest BCUT2D eigenvalue weighted by Crippen LogP contribution is -2.27. The van der Waals surface area contributed by atoms with Gasteiger partial charge in [0.2, 0.25) is 0 Å². The first kappa shape index (κ1) is 12.2. The minimum atomic E-state index is 0.0282. The molecule has 3 rings (SSSR count). The molecule has 1 N–H and O–H groups in total. The number of benzene rings is 1. The predicted molar refractivity (Wildman–Crippen MR) is 75.6 cm³/mol. The van der Waals surface area contributed by atoms with Crippen LogP contribution in [-0.4, -0.2) is 20.9 Å². The summed E-state index contributed by atoms with van der Waals surface area (Å²) >= 11 is 0. The van der Waals surface area contributed by atoms with E-state index in [0.717, 1.165) is 23.5 Å². The third-order valence-corrected chi connectivity index (χ3v) is 3.91. The molecule has 0 bridgehead atoms. The van der Waals surface area contributed by atoms with Crippen LogP contribution in [0.15, 0.2) is 24.3 Å². The Morgan fingerprint density at radius 1 is 1.37 bits per heavy atom. The van der Waals surface area contributed by atoms with E-state index in [2.05, 4.69) is 41.2 Å². The summed E-state index contributed by atoms with van der Waals surface area (Å²) in [5, 5.41) is 14.1. The molecule has 1 aliphatic heterocycles. The van der Waals surface area contributed by atoms with Gasteiger partial charge in [-0.15, -0.1) is 0 Å². The lowest BCUT2D eigenvalue weighted by molar-refractivity contribution is 0.281. The first-order valence-corrected chi connectivity index (χ1v) is 6.64. The van der Waals surface area contributed by atoms with E-state index < -0.39 is 0 Å². The van der Waals surface area contributed by atoms with Crippen molar-refractivity contribution in [1.82, 2.24) is 9.78 Å². The third kappa shape index (κ3) is 1.75. The largest absolute Gasteiger partial charge is 0.391 e. The monoisotopic (exact) mass is 257 g/mol. The first-order chi connectivity index (χ1) is 9.13. The Labute approximate surface area is 113 Å². The van der Waals surface area contributed by atoms with Gasteiger partial charge in [-0.1, -0.05) is 18.2 Å². The average Bonchev–Trinajstić information content (AvgIpc) is 2.84. The number of fused-ring (bicyclic) bond motifs is 1. The number of nitrogens with zero attached hydrogens (tertiary/aromatic N) is 3. The second-order valence-electron chi connectivity index (χ2n) is 5.22. The third-order valence-electron chi connectivity index (χ3n) is 3.91. The van der Waals surface area contributed by atoms with Gasteiger partial charge in [-0.3, -0.25) is 4.68 Å². The van der Waals surface area contributed by atoms with Crippen LogP contribution in [0.3, 0.4) is 0 Å². The van der Waals surface area contributed by atoms with Crippen LogP contribution in [0.5, 0.6) is 0 Å². The summed E-state index contributed by atoms with van der Waals surface area (Å²) in [4.78, 5) is 2.29. The summed E-state index contributed by atoms with van der Waals surface area (Å²) in [5.74, 6) is 1.01. The van der Waals surface area contributed by atoms with E-state index in [0.29, 0.717) is 6.04 Å². The zero-order valence-electron chi connectivity index (χ0n) is 11.6. The van der Waals surface area contributed by atoms with Crippen LogP contribution in [0.1, 0.15) is 23.7 Å². The highest BCUT2D eigenvalue weighted by molar-refractivity contribution is 5.71. The average molecular weight is 257 g/mol. The molecule has 1 atom stereocenters. The van der Waals surface area contributed by atoms with E-state index in [4.69, 9.17) is 0 Å². The molecule has 19 heavy (non-hydrogen) atoms. The van der Waals surface area contributed by atoms with Crippen LogP contribution in [-0.2, 0) is 20.1 Å².